The third-order valence-electron chi connectivity index (χ3n) is 5.46. The monoisotopic (exact) mass is 460 g/mol. The van der Waals surface area contributed by atoms with Crippen LogP contribution >= 0.6 is 11.8 Å². The maximum atomic E-state index is 13.0. The Labute approximate surface area is 195 Å². The quantitative estimate of drug-likeness (QED) is 0.254. The van der Waals surface area contributed by atoms with Crippen LogP contribution in [-0.4, -0.2) is 31.7 Å². The molecule has 0 atom stereocenters. The Morgan fingerprint density at radius 2 is 1.73 bits per heavy atom. The average molecular weight is 461 g/mol. The van der Waals surface area contributed by atoms with Crippen LogP contribution < -0.4 is 11.0 Å². The summed E-state index contributed by atoms with van der Waals surface area (Å²) in [5.41, 5.74) is 5.82. The molecule has 0 bridgehead atoms. The molecule has 2 heterocycles. The van der Waals surface area contributed by atoms with Gasteiger partial charge in [0.1, 0.15) is 0 Å². The first-order valence-electron chi connectivity index (χ1n) is 10.6. The van der Waals surface area contributed by atoms with E-state index in [4.69, 9.17) is 0 Å². The molecule has 0 saturated carbocycles. The molecule has 4 rings (SSSR count). The molecular weight excluding hydrogens is 436 g/mol. The second-order valence-corrected chi connectivity index (χ2v) is 8.54. The molecule has 7 nitrogen and oxygen atoms in total. The van der Waals surface area contributed by atoms with Gasteiger partial charge in [-0.25, -0.2) is 4.98 Å². The van der Waals surface area contributed by atoms with E-state index in [9.17, 15) is 14.4 Å². The highest BCUT2D eigenvalue weighted by atomic mass is 32.2. The van der Waals surface area contributed by atoms with Gasteiger partial charge in [-0.1, -0.05) is 42.1 Å². The van der Waals surface area contributed by atoms with Crippen molar-refractivity contribution in [2.24, 2.45) is 0 Å². The number of carbonyl (C=O) groups is 2. The third kappa shape index (κ3) is 4.47. The molecule has 4 aromatic rings. The van der Waals surface area contributed by atoms with Crippen LogP contribution in [0.1, 0.15) is 39.0 Å². The lowest BCUT2D eigenvalue weighted by atomic mass is 10.2. The largest absolute Gasteiger partial charge is 0.293 e. The number of aryl methyl sites for hydroxylation is 1. The van der Waals surface area contributed by atoms with E-state index in [1.807, 2.05) is 32.0 Å². The van der Waals surface area contributed by atoms with E-state index < -0.39 is 0 Å². The normalized spacial score (nSPS) is 11.0. The fraction of sp³-hybridized carbons (Fsp3) is 0.200. The van der Waals surface area contributed by atoms with Gasteiger partial charge in [-0.3, -0.25) is 29.1 Å². The molecule has 1 amide bonds. The molecule has 1 N–H and O–H groups in total. The maximum absolute atomic E-state index is 13.0. The van der Waals surface area contributed by atoms with Crippen molar-refractivity contribution in [3.63, 3.8) is 0 Å². The first-order valence-corrected chi connectivity index (χ1v) is 11.6. The van der Waals surface area contributed by atoms with Crippen LogP contribution in [-0.2, 0) is 6.54 Å². The fourth-order valence-electron chi connectivity index (χ4n) is 3.72. The number of nitrogens with zero attached hydrogens (tertiary/aromatic N) is 3. The molecule has 168 valence electrons. The highest BCUT2D eigenvalue weighted by Crippen LogP contribution is 2.22. The van der Waals surface area contributed by atoms with Gasteiger partial charge in [0, 0.05) is 29.1 Å². The number of fused-ring (bicyclic) bond motifs is 1. The zero-order valence-electron chi connectivity index (χ0n) is 18.7. The third-order valence-corrected chi connectivity index (χ3v) is 6.43. The predicted octanol–water partition coefficient (Wildman–Crippen LogP) is 4.19. The fourth-order valence-corrected chi connectivity index (χ4v) is 4.66. The number of benzene rings is 2. The lowest BCUT2D eigenvalue weighted by molar-refractivity contribution is 0.0999. The number of thioether (sulfide) groups is 1. The van der Waals surface area contributed by atoms with Crippen molar-refractivity contribution >= 4 is 34.4 Å². The van der Waals surface area contributed by atoms with Gasteiger partial charge < -0.3 is 0 Å². The van der Waals surface area contributed by atoms with Crippen molar-refractivity contribution in [2.45, 2.75) is 32.5 Å². The van der Waals surface area contributed by atoms with Gasteiger partial charge in [0.25, 0.3) is 11.5 Å². The molecule has 2 aromatic carbocycles. The molecule has 0 unspecified atom stereocenters. The topological polar surface area (TPSA) is 86.0 Å². The zero-order valence-corrected chi connectivity index (χ0v) is 19.5. The SMILES string of the molecule is CCn1c(SCC(=O)c2cc(C)n(NC(=O)c3ccccc3)c2C)nc2ccccc2c1=O. The number of ketones is 1. The van der Waals surface area contributed by atoms with Gasteiger partial charge in [-0.15, -0.1) is 0 Å². The molecule has 0 saturated heterocycles. The highest BCUT2D eigenvalue weighted by Gasteiger charge is 2.19. The Balaban J connectivity index is 1.55. The first-order chi connectivity index (χ1) is 15.9. The van der Waals surface area contributed by atoms with Crippen LogP contribution in [0.3, 0.4) is 0 Å². The van der Waals surface area contributed by atoms with Crippen LogP contribution in [0, 0.1) is 13.8 Å². The molecule has 0 aliphatic carbocycles. The molecule has 0 spiro atoms. The lowest BCUT2D eigenvalue weighted by Gasteiger charge is -2.12. The van der Waals surface area contributed by atoms with E-state index in [2.05, 4.69) is 10.4 Å². The lowest BCUT2D eigenvalue weighted by Crippen LogP contribution is -2.25. The van der Waals surface area contributed by atoms with Gasteiger partial charge >= 0.3 is 0 Å². The van der Waals surface area contributed by atoms with E-state index >= 15 is 0 Å². The summed E-state index contributed by atoms with van der Waals surface area (Å²) in [6.07, 6.45) is 0. The van der Waals surface area contributed by atoms with Crippen LogP contribution in [0.15, 0.2) is 70.6 Å². The summed E-state index contributed by atoms with van der Waals surface area (Å²) in [7, 11) is 0. The molecule has 0 aliphatic rings. The number of hydrogen-bond acceptors (Lipinski definition) is 5. The molecule has 2 aromatic heterocycles. The molecule has 0 radical (unpaired) electrons. The number of para-hydroxylation sites is 1. The Morgan fingerprint density at radius 3 is 2.45 bits per heavy atom. The van der Waals surface area contributed by atoms with Crippen molar-refractivity contribution < 1.29 is 9.59 Å². The number of hydrogen-bond donors (Lipinski definition) is 1. The van der Waals surface area contributed by atoms with Crippen LogP contribution in [0.25, 0.3) is 10.9 Å². The van der Waals surface area contributed by atoms with E-state index in [0.717, 1.165) is 5.69 Å². The minimum absolute atomic E-state index is 0.0987. The number of rotatable bonds is 7. The molecular formula is C25H24N4O3S. The number of Topliss-reactive ketones (excluding diaryl/α,β-unsaturated/α-hetero) is 1. The summed E-state index contributed by atoms with van der Waals surface area (Å²) in [5, 5.41) is 1.08. The first kappa shape index (κ1) is 22.5. The smallest absolute Gasteiger partial charge is 0.270 e. The minimum Gasteiger partial charge on any atom is -0.293 e. The second-order valence-electron chi connectivity index (χ2n) is 7.60. The van der Waals surface area contributed by atoms with Crippen molar-refractivity contribution in [1.29, 1.82) is 0 Å². The number of amides is 1. The standard InChI is InChI=1S/C25H24N4O3S/c1-4-28-24(32)19-12-8-9-13-21(19)26-25(28)33-15-22(30)20-14-16(2)29(17(20)3)27-23(31)18-10-6-5-7-11-18/h5-14H,4,15H2,1-3H3,(H,27,31). The van der Waals surface area contributed by atoms with E-state index in [0.29, 0.717) is 39.4 Å². The summed E-state index contributed by atoms with van der Waals surface area (Å²) in [6.45, 7) is 5.98. The Morgan fingerprint density at radius 1 is 1.03 bits per heavy atom. The second kappa shape index (κ2) is 9.46. The Bertz CT molecular complexity index is 1410. The minimum atomic E-state index is -0.252. The van der Waals surface area contributed by atoms with Gasteiger partial charge in [0.2, 0.25) is 0 Å². The zero-order chi connectivity index (χ0) is 23.5. The summed E-state index contributed by atoms with van der Waals surface area (Å²) in [5.74, 6) is -0.224. The predicted molar refractivity (Wildman–Crippen MR) is 131 cm³/mol. The summed E-state index contributed by atoms with van der Waals surface area (Å²) < 4.78 is 3.22. The van der Waals surface area contributed by atoms with Gasteiger partial charge in [-0.05, 0) is 51.1 Å². The Hall–Kier alpha value is -3.65. The van der Waals surface area contributed by atoms with Crippen molar-refractivity contribution in [1.82, 2.24) is 14.2 Å². The number of carbonyl (C=O) groups excluding carboxylic acids is 2. The van der Waals surface area contributed by atoms with Crippen molar-refractivity contribution in [3.8, 4) is 0 Å². The number of nitrogens with one attached hydrogen (secondary N) is 1. The summed E-state index contributed by atoms with van der Waals surface area (Å²) >= 11 is 1.24. The van der Waals surface area contributed by atoms with Gasteiger partial charge in [-0.2, -0.15) is 0 Å². The maximum Gasteiger partial charge on any atom is 0.270 e. The summed E-state index contributed by atoms with van der Waals surface area (Å²) in [6, 6.07) is 17.9. The number of aromatic nitrogens is 3. The molecule has 0 fully saturated rings. The van der Waals surface area contributed by atoms with E-state index in [-0.39, 0.29) is 23.0 Å². The summed E-state index contributed by atoms with van der Waals surface area (Å²) in [4.78, 5) is 43.0. The van der Waals surface area contributed by atoms with Gasteiger partial charge in [0.05, 0.1) is 16.7 Å². The van der Waals surface area contributed by atoms with Gasteiger partial charge in [0.15, 0.2) is 10.9 Å². The molecule has 0 aliphatic heterocycles. The van der Waals surface area contributed by atoms with Crippen molar-refractivity contribution in [2.75, 3.05) is 11.2 Å². The highest BCUT2D eigenvalue weighted by molar-refractivity contribution is 7.99. The molecule has 8 heteroatoms. The van der Waals surface area contributed by atoms with E-state index in [1.54, 1.807) is 58.6 Å². The Kier molecular flexibility index (Phi) is 6.46. The van der Waals surface area contributed by atoms with Crippen LogP contribution in [0.4, 0.5) is 0 Å². The van der Waals surface area contributed by atoms with E-state index in [1.165, 1.54) is 11.8 Å². The van der Waals surface area contributed by atoms with Crippen LogP contribution in [0.5, 0.6) is 0 Å². The molecule has 33 heavy (non-hydrogen) atoms. The average Bonchev–Trinajstić information content (AvgIpc) is 3.11. The van der Waals surface area contributed by atoms with Crippen LogP contribution in [0.2, 0.25) is 0 Å². The van der Waals surface area contributed by atoms with Crippen molar-refractivity contribution in [3.05, 3.63) is 93.5 Å².